The first-order chi connectivity index (χ1) is 10.6. The maximum Gasteiger partial charge on any atom is 0.227 e. The molecule has 0 saturated carbocycles. The van der Waals surface area contributed by atoms with Crippen LogP contribution >= 0.6 is 0 Å². The van der Waals surface area contributed by atoms with Gasteiger partial charge in [-0.3, -0.25) is 4.79 Å². The second-order valence-electron chi connectivity index (χ2n) is 5.49. The molecule has 0 aliphatic carbocycles. The molecule has 5 heteroatoms. The summed E-state index contributed by atoms with van der Waals surface area (Å²) in [4.78, 5) is 12.4. The van der Waals surface area contributed by atoms with Gasteiger partial charge < -0.3 is 11.1 Å². The standard InChI is InChI=1S/C17H24N4O/c1-3-17(4-2,13-18)16(22)19-12-14-6-8-15(9-7-14)21-11-5-10-20-21/h5-11H,3-4,12-13,18H2,1-2H3,(H,19,22). The van der Waals surface area contributed by atoms with Gasteiger partial charge in [0, 0.05) is 25.5 Å². The Balaban J connectivity index is 1.98. The van der Waals surface area contributed by atoms with E-state index in [1.165, 1.54) is 0 Å². The molecule has 1 aromatic carbocycles. The molecule has 0 aliphatic heterocycles. The molecular weight excluding hydrogens is 276 g/mol. The summed E-state index contributed by atoms with van der Waals surface area (Å²) >= 11 is 0. The van der Waals surface area contributed by atoms with Gasteiger partial charge in [0.2, 0.25) is 5.91 Å². The quantitative estimate of drug-likeness (QED) is 0.823. The van der Waals surface area contributed by atoms with Gasteiger partial charge in [-0.15, -0.1) is 0 Å². The monoisotopic (exact) mass is 300 g/mol. The topological polar surface area (TPSA) is 72.9 Å². The molecular formula is C17H24N4O. The number of nitrogens with two attached hydrogens (primary N) is 1. The third-order valence-electron chi connectivity index (χ3n) is 4.38. The molecule has 0 radical (unpaired) electrons. The number of carbonyl (C=O) groups is 1. The average molecular weight is 300 g/mol. The highest BCUT2D eigenvalue weighted by molar-refractivity contribution is 5.82. The second kappa shape index (κ2) is 7.22. The van der Waals surface area contributed by atoms with Crippen LogP contribution < -0.4 is 11.1 Å². The van der Waals surface area contributed by atoms with E-state index >= 15 is 0 Å². The summed E-state index contributed by atoms with van der Waals surface area (Å²) < 4.78 is 1.80. The molecule has 2 rings (SSSR count). The zero-order valence-corrected chi connectivity index (χ0v) is 13.2. The summed E-state index contributed by atoms with van der Waals surface area (Å²) in [7, 11) is 0. The van der Waals surface area contributed by atoms with E-state index in [0.29, 0.717) is 13.1 Å². The van der Waals surface area contributed by atoms with Crippen molar-refractivity contribution >= 4 is 5.91 Å². The van der Waals surface area contributed by atoms with E-state index in [4.69, 9.17) is 5.73 Å². The number of hydrogen-bond donors (Lipinski definition) is 2. The maximum atomic E-state index is 12.4. The molecule has 2 aromatic rings. The molecule has 0 unspecified atom stereocenters. The fourth-order valence-electron chi connectivity index (χ4n) is 2.51. The lowest BCUT2D eigenvalue weighted by molar-refractivity contribution is -0.131. The van der Waals surface area contributed by atoms with E-state index in [1.54, 1.807) is 10.9 Å². The molecule has 3 N–H and O–H groups in total. The lowest BCUT2D eigenvalue weighted by Gasteiger charge is -2.28. The van der Waals surface area contributed by atoms with Crippen LogP contribution in [-0.2, 0) is 11.3 Å². The highest BCUT2D eigenvalue weighted by Crippen LogP contribution is 2.25. The van der Waals surface area contributed by atoms with Gasteiger partial charge in [0.05, 0.1) is 11.1 Å². The predicted molar refractivity (Wildman–Crippen MR) is 87.5 cm³/mol. The van der Waals surface area contributed by atoms with E-state index in [9.17, 15) is 4.79 Å². The fraction of sp³-hybridized carbons (Fsp3) is 0.412. The van der Waals surface area contributed by atoms with Gasteiger partial charge in [-0.05, 0) is 36.6 Å². The lowest BCUT2D eigenvalue weighted by Crippen LogP contribution is -2.45. The van der Waals surface area contributed by atoms with Crippen LogP contribution in [0.1, 0.15) is 32.3 Å². The Kier molecular flexibility index (Phi) is 5.33. The second-order valence-corrected chi connectivity index (χ2v) is 5.49. The highest BCUT2D eigenvalue weighted by Gasteiger charge is 2.32. The number of amides is 1. The minimum absolute atomic E-state index is 0.0381. The summed E-state index contributed by atoms with van der Waals surface area (Å²) in [6.45, 7) is 4.91. The number of carbonyl (C=O) groups excluding carboxylic acids is 1. The number of rotatable bonds is 7. The van der Waals surface area contributed by atoms with Crippen molar-refractivity contribution in [1.29, 1.82) is 0 Å². The summed E-state index contributed by atoms with van der Waals surface area (Å²) in [5.41, 5.74) is 7.41. The van der Waals surface area contributed by atoms with Crippen molar-refractivity contribution in [3.8, 4) is 5.69 Å². The molecule has 1 amide bonds. The zero-order valence-electron chi connectivity index (χ0n) is 13.2. The van der Waals surface area contributed by atoms with E-state index < -0.39 is 5.41 Å². The SMILES string of the molecule is CCC(CC)(CN)C(=O)NCc1ccc(-n2cccn2)cc1. The van der Waals surface area contributed by atoms with Crippen molar-refractivity contribution in [2.75, 3.05) is 6.54 Å². The fourth-order valence-corrected chi connectivity index (χ4v) is 2.51. The number of benzene rings is 1. The predicted octanol–water partition coefficient (Wildman–Crippen LogP) is 2.25. The van der Waals surface area contributed by atoms with Crippen molar-refractivity contribution in [2.24, 2.45) is 11.1 Å². The molecule has 0 saturated heterocycles. The summed E-state index contributed by atoms with van der Waals surface area (Å²) in [6, 6.07) is 9.86. The van der Waals surface area contributed by atoms with E-state index in [-0.39, 0.29) is 5.91 Å². The van der Waals surface area contributed by atoms with Crippen molar-refractivity contribution < 1.29 is 4.79 Å². The zero-order chi connectivity index (χ0) is 16.0. The van der Waals surface area contributed by atoms with Crippen LogP contribution in [0.2, 0.25) is 0 Å². The Morgan fingerprint density at radius 1 is 1.27 bits per heavy atom. The van der Waals surface area contributed by atoms with Gasteiger partial charge >= 0.3 is 0 Å². The molecule has 0 bridgehead atoms. The largest absolute Gasteiger partial charge is 0.352 e. The van der Waals surface area contributed by atoms with Crippen molar-refractivity contribution in [2.45, 2.75) is 33.2 Å². The molecule has 5 nitrogen and oxygen atoms in total. The molecule has 1 heterocycles. The van der Waals surface area contributed by atoms with Crippen LogP contribution in [0.15, 0.2) is 42.7 Å². The van der Waals surface area contributed by atoms with Crippen molar-refractivity contribution in [1.82, 2.24) is 15.1 Å². The minimum atomic E-state index is -0.449. The number of hydrogen-bond acceptors (Lipinski definition) is 3. The van der Waals surface area contributed by atoms with Crippen LogP contribution in [0.4, 0.5) is 0 Å². The van der Waals surface area contributed by atoms with Gasteiger partial charge in [-0.1, -0.05) is 26.0 Å². The Morgan fingerprint density at radius 2 is 1.95 bits per heavy atom. The maximum absolute atomic E-state index is 12.4. The number of aromatic nitrogens is 2. The first-order valence-electron chi connectivity index (χ1n) is 7.72. The molecule has 22 heavy (non-hydrogen) atoms. The molecule has 1 aromatic heterocycles. The van der Waals surface area contributed by atoms with Crippen molar-refractivity contribution in [3.05, 3.63) is 48.3 Å². The van der Waals surface area contributed by atoms with E-state index in [2.05, 4.69) is 10.4 Å². The number of nitrogens with zero attached hydrogens (tertiary/aromatic N) is 2. The van der Waals surface area contributed by atoms with Gasteiger partial charge in [0.15, 0.2) is 0 Å². The van der Waals surface area contributed by atoms with Gasteiger partial charge in [-0.2, -0.15) is 5.10 Å². The van der Waals surface area contributed by atoms with Gasteiger partial charge in [-0.25, -0.2) is 4.68 Å². The smallest absolute Gasteiger partial charge is 0.227 e. The Labute approximate surface area is 131 Å². The summed E-state index contributed by atoms with van der Waals surface area (Å²) in [5, 5.41) is 7.19. The van der Waals surface area contributed by atoms with Crippen LogP contribution in [0.5, 0.6) is 0 Å². The van der Waals surface area contributed by atoms with E-state index in [1.807, 2.05) is 50.4 Å². The number of nitrogens with one attached hydrogen (secondary N) is 1. The third-order valence-corrected chi connectivity index (χ3v) is 4.38. The van der Waals surface area contributed by atoms with Gasteiger partial charge in [0.25, 0.3) is 0 Å². The normalized spacial score (nSPS) is 11.4. The Hall–Kier alpha value is -2.14. The minimum Gasteiger partial charge on any atom is -0.352 e. The van der Waals surface area contributed by atoms with E-state index in [0.717, 1.165) is 24.1 Å². The third kappa shape index (κ3) is 3.36. The van der Waals surface area contributed by atoms with Gasteiger partial charge in [0.1, 0.15) is 0 Å². The highest BCUT2D eigenvalue weighted by atomic mass is 16.2. The Morgan fingerprint density at radius 3 is 2.45 bits per heavy atom. The molecule has 0 fully saturated rings. The van der Waals surface area contributed by atoms with Crippen LogP contribution in [0, 0.1) is 5.41 Å². The van der Waals surface area contributed by atoms with Crippen molar-refractivity contribution in [3.63, 3.8) is 0 Å². The Bertz CT molecular complexity index is 577. The molecule has 0 atom stereocenters. The van der Waals surface area contributed by atoms with Crippen LogP contribution in [0.25, 0.3) is 5.69 Å². The molecule has 0 aliphatic rings. The van der Waals surface area contributed by atoms with Crippen LogP contribution in [0.3, 0.4) is 0 Å². The lowest BCUT2D eigenvalue weighted by atomic mass is 9.81. The summed E-state index contributed by atoms with van der Waals surface area (Å²) in [5.74, 6) is 0.0381. The average Bonchev–Trinajstić information content (AvgIpc) is 3.10. The molecule has 118 valence electrons. The summed E-state index contributed by atoms with van der Waals surface area (Å²) in [6.07, 6.45) is 5.15. The van der Waals surface area contributed by atoms with Crippen LogP contribution in [-0.4, -0.2) is 22.2 Å². The first-order valence-corrected chi connectivity index (χ1v) is 7.72. The molecule has 0 spiro atoms. The first kappa shape index (κ1) is 16.2.